The van der Waals surface area contributed by atoms with Gasteiger partial charge in [0.1, 0.15) is 0 Å². The number of rotatable bonds is 8. The number of nitrogens with one attached hydrogen (secondary N) is 1. The van der Waals surface area contributed by atoms with Gasteiger partial charge in [-0.25, -0.2) is 0 Å². The van der Waals surface area contributed by atoms with Crippen LogP contribution in [0.25, 0.3) is 0 Å². The van der Waals surface area contributed by atoms with Gasteiger partial charge in [-0.2, -0.15) is 0 Å². The molecule has 2 aliphatic rings. The van der Waals surface area contributed by atoms with Crippen LogP contribution in [-0.2, 0) is 9.47 Å². The average Bonchev–Trinajstić information content (AvgIpc) is 3.24. The van der Waals surface area contributed by atoms with Gasteiger partial charge >= 0.3 is 0 Å². The molecule has 0 radical (unpaired) electrons. The normalized spacial score (nSPS) is 22.4. The molecule has 1 N–H and O–H groups in total. The van der Waals surface area contributed by atoms with E-state index in [1.165, 1.54) is 11.3 Å². The van der Waals surface area contributed by atoms with Crippen molar-refractivity contribution in [3.8, 4) is 0 Å². The summed E-state index contributed by atoms with van der Waals surface area (Å²) in [5, 5.41) is 3.92. The van der Waals surface area contributed by atoms with Crippen LogP contribution in [0.3, 0.4) is 0 Å². The van der Waals surface area contributed by atoms with Crippen LogP contribution in [-0.4, -0.2) is 67.7 Å². The van der Waals surface area contributed by atoms with Crippen molar-refractivity contribution < 1.29 is 9.47 Å². The zero-order valence-electron chi connectivity index (χ0n) is 17.3. The molecule has 2 saturated heterocycles. The lowest BCUT2D eigenvalue weighted by atomic mass is 10.1. The Bertz CT molecular complexity index is 585. The van der Waals surface area contributed by atoms with Crippen LogP contribution in [0.2, 0.25) is 0 Å². The zero-order chi connectivity index (χ0) is 19.6. The van der Waals surface area contributed by atoms with Gasteiger partial charge in [0, 0.05) is 36.4 Å². The summed E-state index contributed by atoms with van der Waals surface area (Å²) >= 11 is 1.88. The maximum absolute atomic E-state index is 6.10. The molecular weight excluding hydrogens is 370 g/mol. The zero-order valence-corrected chi connectivity index (χ0v) is 18.1. The lowest BCUT2D eigenvalue weighted by Gasteiger charge is -2.34. The van der Waals surface area contributed by atoms with Crippen molar-refractivity contribution in [1.82, 2.24) is 10.2 Å². The monoisotopic (exact) mass is 405 g/mol. The molecule has 0 aliphatic carbocycles. The average molecular weight is 406 g/mol. The summed E-state index contributed by atoms with van der Waals surface area (Å²) in [7, 11) is 0. The highest BCUT2D eigenvalue weighted by molar-refractivity contribution is 8.00. The quantitative estimate of drug-likeness (QED) is 0.405. The molecule has 0 amide bonds. The third kappa shape index (κ3) is 6.98. The molecule has 2 fully saturated rings. The van der Waals surface area contributed by atoms with Crippen LogP contribution in [0.5, 0.6) is 0 Å². The van der Waals surface area contributed by atoms with Gasteiger partial charge in [-0.3, -0.25) is 4.99 Å². The molecule has 0 spiro atoms. The highest BCUT2D eigenvalue weighted by Gasteiger charge is 2.24. The van der Waals surface area contributed by atoms with Crippen molar-refractivity contribution in [2.75, 3.05) is 39.4 Å². The second kappa shape index (κ2) is 11.7. The maximum Gasteiger partial charge on any atom is 0.193 e. The molecule has 2 unspecified atom stereocenters. The SMILES string of the molecule is CCNC(=NCC(C)Sc1ccccc1)N1CCC(OCC2CCCO2)CC1. The maximum atomic E-state index is 6.10. The number of guanidine groups is 1. The molecule has 1 aromatic carbocycles. The summed E-state index contributed by atoms with van der Waals surface area (Å²) in [5.74, 6) is 1.04. The number of hydrogen-bond donors (Lipinski definition) is 1. The Morgan fingerprint density at radius 2 is 2.07 bits per heavy atom. The van der Waals surface area contributed by atoms with Crippen LogP contribution >= 0.6 is 11.8 Å². The molecule has 2 atom stereocenters. The van der Waals surface area contributed by atoms with E-state index >= 15 is 0 Å². The fourth-order valence-corrected chi connectivity index (χ4v) is 4.59. The fraction of sp³-hybridized carbons (Fsp3) is 0.682. The first-order valence-electron chi connectivity index (χ1n) is 10.7. The molecule has 2 aliphatic heterocycles. The van der Waals surface area contributed by atoms with Crippen LogP contribution in [0.4, 0.5) is 0 Å². The molecule has 2 heterocycles. The molecule has 0 bridgehead atoms. The first-order valence-corrected chi connectivity index (χ1v) is 11.6. The van der Waals surface area contributed by atoms with E-state index in [1.807, 2.05) is 11.8 Å². The highest BCUT2D eigenvalue weighted by atomic mass is 32.2. The van der Waals surface area contributed by atoms with Crippen molar-refractivity contribution in [1.29, 1.82) is 0 Å². The van der Waals surface area contributed by atoms with E-state index in [2.05, 4.69) is 54.4 Å². The Kier molecular flexibility index (Phi) is 8.96. The first kappa shape index (κ1) is 21.5. The Morgan fingerprint density at radius 3 is 2.75 bits per heavy atom. The number of aliphatic imine (C=N–C) groups is 1. The fourth-order valence-electron chi connectivity index (χ4n) is 3.66. The number of nitrogens with zero attached hydrogens (tertiary/aromatic N) is 2. The van der Waals surface area contributed by atoms with Crippen molar-refractivity contribution in [3.05, 3.63) is 30.3 Å². The Labute approximate surface area is 174 Å². The van der Waals surface area contributed by atoms with Gasteiger partial charge in [0.15, 0.2) is 5.96 Å². The van der Waals surface area contributed by atoms with Gasteiger partial charge in [-0.05, 0) is 44.7 Å². The molecule has 5 nitrogen and oxygen atoms in total. The van der Waals surface area contributed by atoms with E-state index in [0.29, 0.717) is 17.5 Å². The molecule has 3 rings (SSSR count). The molecule has 0 aromatic heterocycles. The predicted octanol–water partition coefficient (Wildman–Crippen LogP) is 3.79. The summed E-state index contributed by atoms with van der Waals surface area (Å²) in [6.07, 6.45) is 5.12. The second-order valence-electron chi connectivity index (χ2n) is 7.59. The molecular formula is C22H35N3O2S. The van der Waals surface area contributed by atoms with Gasteiger partial charge in [0.05, 0.1) is 25.4 Å². The third-order valence-corrected chi connectivity index (χ3v) is 6.29. The van der Waals surface area contributed by atoms with E-state index < -0.39 is 0 Å². The number of piperidine rings is 1. The van der Waals surface area contributed by atoms with Gasteiger partial charge in [0.25, 0.3) is 0 Å². The lowest BCUT2D eigenvalue weighted by Crippen LogP contribution is -2.47. The minimum absolute atomic E-state index is 0.320. The lowest BCUT2D eigenvalue weighted by molar-refractivity contribution is -0.0367. The number of benzene rings is 1. The van der Waals surface area contributed by atoms with E-state index in [1.54, 1.807) is 0 Å². The Morgan fingerprint density at radius 1 is 1.29 bits per heavy atom. The summed E-state index contributed by atoms with van der Waals surface area (Å²) in [6.45, 7) is 9.75. The summed E-state index contributed by atoms with van der Waals surface area (Å²) in [4.78, 5) is 8.61. The van der Waals surface area contributed by atoms with Gasteiger partial charge in [0.2, 0.25) is 0 Å². The van der Waals surface area contributed by atoms with Crippen LogP contribution in [0.15, 0.2) is 40.2 Å². The molecule has 0 saturated carbocycles. The van der Waals surface area contributed by atoms with E-state index in [4.69, 9.17) is 14.5 Å². The molecule has 156 valence electrons. The third-order valence-electron chi connectivity index (χ3n) is 5.20. The van der Waals surface area contributed by atoms with Gasteiger partial charge < -0.3 is 19.7 Å². The summed E-state index contributed by atoms with van der Waals surface area (Å²) < 4.78 is 11.8. The second-order valence-corrected chi connectivity index (χ2v) is 9.10. The molecule has 1 aromatic rings. The predicted molar refractivity (Wildman–Crippen MR) is 117 cm³/mol. The Balaban J connectivity index is 1.43. The van der Waals surface area contributed by atoms with Crippen LogP contribution in [0.1, 0.15) is 39.5 Å². The van der Waals surface area contributed by atoms with E-state index in [-0.39, 0.29) is 0 Å². The molecule has 6 heteroatoms. The topological polar surface area (TPSA) is 46.1 Å². The molecule has 28 heavy (non-hydrogen) atoms. The van der Waals surface area contributed by atoms with Crippen LogP contribution in [0, 0.1) is 0 Å². The Hall–Kier alpha value is -1.24. The van der Waals surface area contributed by atoms with E-state index in [9.17, 15) is 0 Å². The number of likely N-dealkylation sites (tertiary alicyclic amines) is 1. The largest absolute Gasteiger partial charge is 0.376 e. The minimum atomic E-state index is 0.320. The number of hydrogen-bond acceptors (Lipinski definition) is 4. The van der Waals surface area contributed by atoms with Gasteiger partial charge in [-0.15, -0.1) is 11.8 Å². The summed E-state index contributed by atoms with van der Waals surface area (Å²) in [5.41, 5.74) is 0. The first-order chi connectivity index (χ1) is 13.7. The number of ether oxygens (including phenoxy) is 2. The highest BCUT2D eigenvalue weighted by Crippen LogP contribution is 2.23. The number of thioether (sulfide) groups is 1. The van der Waals surface area contributed by atoms with Crippen molar-refractivity contribution in [3.63, 3.8) is 0 Å². The van der Waals surface area contributed by atoms with E-state index in [0.717, 1.165) is 64.6 Å². The smallest absolute Gasteiger partial charge is 0.193 e. The summed E-state index contributed by atoms with van der Waals surface area (Å²) in [6, 6.07) is 10.6. The standard InChI is InChI=1S/C22H35N3O2S/c1-3-23-22(24-16-18(2)28-21-9-5-4-6-10-21)25-13-11-19(12-14-25)27-17-20-8-7-15-26-20/h4-6,9-10,18-20H,3,7-8,11-17H2,1-2H3,(H,23,24). The van der Waals surface area contributed by atoms with Crippen molar-refractivity contribution in [2.24, 2.45) is 4.99 Å². The van der Waals surface area contributed by atoms with Crippen LogP contribution < -0.4 is 5.32 Å². The van der Waals surface area contributed by atoms with Crippen molar-refractivity contribution >= 4 is 17.7 Å². The minimum Gasteiger partial charge on any atom is -0.376 e. The van der Waals surface area contributed by atoms with Gasteiger partial charge in [-0.1, -0.05) is 25.1 Å². The van der Waals surface area contributed by atoms with Crippen molar-refractivity contribution in [2.45, 2.75) is 61.9 Å².